The van der Waals surface area contributed by atoms with E-state index < -0.39 is 0 Å². The van der Waals surface area contributed by atoms with E-state index in [4.69, 9.17) is 21.1 Å². The van der Waals surface area contributed by atoms with E-state index in [1.54, 1.807) is 24.4 Å². The summed E-state index contributed by atoms with van der Waals surface area (Å²) in [7, 11) is 0. The highest BCUT2D eigenvalue weighted by Gasteiger charge is 2.16. The predicted octanol–water partition coefficient (Wildman–Crippen LogP) is 2.44. The molecular weight excluding hydrogens is 292 g/mol. The van der Waals surface area contributed by atoms with Crippen LogP contribution in [0.15, 0.2) is 36.7 Å². The van der Waals surface area contributed by atoms with Crippen molar-refractivity contribution < 1.29 is 14.3 Å². The fourth-order valence-corrected chi connectivity index (χ4v) is 2.34. The summed E-state index contributed by atoms with van der Waals surface area (Å²) in [5.41, 5.74) is 1.36. The number of nitrogens with one attached hydrogen (secondary N) is 1. The molecule has 0 atom stereocenters. The molecule has 108 valence electrons. The average molecular weight is 305 g/mol. The van der Waals surface area contributed by atoms with Crippen molar-refractivity contribution in [2.75, 3.05) is 13.2 Å². The van der Waals surface area contributed by atoms with Crippen molar-refractivity contribution in [3.8, 4) is 11.5 Å². The molecule has 1 aliphatic rings. The van der Waals surface area contributed by atoms with E-state index in [-0.39, 0.29) is 5.91 Å². The Morgan fingerprint density at radius 3 is 3.00 bits per heavy atom. The maximum absolute atomic E-state index is 12.0. The quantitative estimate of drug-likeness (QED) is 0.946. The highest BCUT2D eigenvalue weighted by atomic mass is 35.5. The number of nitrogens with zero attached hydrogens (tertiary/aromatic N) is 1. The molecule has 0 saturated carbocycles. The Balaban J connectivity index is 1.71. The number of pyridine rings is 1. The van der Waals surface area contributed by atoms with E-state index in [1.807, 2.05) is 6.07 Å². The van der Waals surface area contributed by atoms with Crippen LogP contribution in [-0.4, -0.2) is 24.1 Å². The van der Waals surface area contributed by atoms with Crippen molar-refractivity contribution in [2.24, 2.45) is 0 Å². The van der Waals surface area contributed by atoms with Gasteiger partial charge in [-0.15, -0.1) is 0 Å². The summed E-state index contributed by atoms with van der Waals surface area (Å²) in [4.78, 5) is 15.9. The molecule has 1 aromatic carbocycles. The maximum atomic E-state index is 12.0. The molecule has 1 amide bonds. The molecule has 3 rings (SSSR count). The Morgan fingerprint density at radius 2 is 2.19 bits per heavy atom. The van der Waals surface area contributed by atoms with Crippen LogP contribution >= 0.6 is 11.6 Å². The first-order valence-corrected chi connectivity index (χ1v) is 6.88. The number of benzene rings is 1. The topological polar surface area (TPSA) is 60.5 Å². The van der Waals surface area contributed by atoms with Crippen LogP contribution in [0.1, 0.15) is 15.9 Å². The summed E-state index contributed by atoms with van der Waals surface area (Å²) in [5.74, 6) is 0.985. The van der Waals surface area contributed by atoms with Gasteiger partial charge in [0.05, 0.1) is 10.6 Å². The van der Waals surface area contributed by atoms with Gasteiger partial charge in [-0.1, -0.05) is 11.6 Å². The van der Waals surface area contributed by atoms with Gasteiger partial charge >= 0.3 is 0 Å². The largest absolute Gasteiger partial charge is 0.486 e. The smallest absolute Gasteiger partial charge is 0.253 e. The minimum Gasteiger partial charge on any atom is -0.486 e. The molecule has 0 radical (unpaired) electrons. The van der Waals surface area contributed by atoms with Crippen LogP contribution in [0.5, 0.6) is 11.5 Å². The molecule has 0 fully saturated rings. The molecular formula is C15H13ClN2O3. The number of amides is 1. The van der Waals surface area contributed by atoms with Gasteiger partial charge in [0.25, 0.3) is 5.91 Å². The average Bonchev–Trinajstić information content (AvgIpc) is 2.53. The van der Waals surface area contributed by atoms with Crippen molar-refractivity contribution in [1.29, 1.82) is 0 Å². The third kappa shape index (κ3) is 3.08. The van der Waals surface area contributed by atoms with Gasteiger partial charge in [-0.3, -0.25) is 9.78 Å². The number of hydrogen-bond donors (Lipinski definition) is 1. The van der Waals surface area contributed by atoms with Gasteiger partial charge < -0.3 is 14.8 Å². The first-order chi connectivity index (χ1) is 10.2. The number of carbonyl (C=O) groups excluding carboxylic acids is 1. The van der Waals surface area contributed by atoms with E-state index in [0.717, 1.165) is 5.56 Å². The molecule has 5 nitrogen and oxygen atoms in total. The fraction of sp³-hybridized carbons (Fsp3) is 0.200. The highest BCUT2D eigenvalue weighted by Crippen LogP contribution is 2.38. The molecule has 1 aromatic heterocycles. The SMILES string of the molecule is O=C(NCc1cc(Cl)c2c(c1)OCCO2)c1cccnc1. The minimum absolute atomic E-state index is 0.186. The molecule has 0 aliphatic carbocycles. The molecule has 6 heteroatoms. The Kier molecular flexibility index (Phi) is 3.92. The third-order valence-electron chi connectivity index (χ3n) is 3.03. The van der Waals surface area contributed by atoms with Crippen molar-refractivity contribution in [1.82, 2.24) is 10.3 Å². The van der Waals surface area contributed by atoms with Gasteiger partial charge in [0.1, 0.15) is 13.2 Å². The van der Waals surface area contributed by atoms with Crippen molar-refractivity contribution in [2.45, 2.75) is 6.54 Å². The molecule has 0 bridgehead atoms. The van der Waals surface area contributed by atoms with E-state index >= 15 is 0 Å². The lowest BCUT2D eigenvalue weighted by Gasteiger charge is -2.20. The summed E-state index contributed by atoms with van der Waals surface area (Å²) in [6, 6.07) is 7.01. The molecule has 1 N–H and O–H groups in total. The lowest BCUT2D eigenvalue weighted by Crippen LogP contribution is -2.23. The molecule has 2 aromatic rings. The molecule has 1 aliphatic heterocycles. The van der Waals surface area contributed by atoms with E-state index in [0.29, 0.717) is 41.8 Å². The minimum atomic E-state index is -0.186. The Labute approximate surface area is 126 Å². The predicted molar refractivity (Wildman–Crippen MR) is 77.8 cm³/mol. The maximum Gasteiger partial charge on any atom is 0.253 e. The first kappa shape index (κ1) is 13.7. The molecule has 2 heterocycles. The Hall–Kier alpha value is -2.27. The van der Waals surface area contributed by atoms with Crippen molar-refractivity contribution in [3.63, 3.8) is 0 Å². The molecule has 0 saturated heterocycles. The fourth-order valence-electron chi connectivity index (χ4n) is 2.05. The Bertz CT molecular complexity index is 661. The van der Waals surface area contributed by atoms with Crippen LogP contribution in [0.4, 0.5) is 0 Å². The van der Waals surface area contributed by atoms with Gasteiger partial charge in [0.15, 0.2) is 11.5 Å². The van der Waals surface area contributed by atoms with Crippen LogP contribution < -0.4 is 14.8 Å². The second kappa shape index (κ2) is 6.01. The number of hydrogen-bond acceptors (Lipinski definition) is 4. The number of halogens is 1. The van der Waals surface area contributed by atoms with E-state index in [1.165, 1.54) is 6.20 Å². The van der Waals surface area contributed by atoms with E-state index in [9.17, 15) is 4.79 Å². The monoisotopic (exact) mass is 304 g/mol. The van der Waals surface area contributed by atoms with Gasteiger partial charge in [-0.2, -0.15) is 0 Å². The van der Waals surface area contributed by atoms with Crippen LogP contribution in [0, 0.1) is 0 Å². The van der Waals surface area contributed by atoms with E-state index in [2.05, 4.69) is 10.3 Å². The van der Waals surface area contributed by atoms with Crippen molar-refractivity contribution >= 4 is 17.5 Å². The third-order valence-corrected chi connectivity index (χ3v) is 3.31. The summed E-state index contributed by atoms with van der Waals surface area (Å²) >= 11 is 6.15. The zero-order valence-corrected chi connectivity index (χ0v) is 11.9. The summed E-state index contributed by atoms with van der Waals surface area (Å²) in [6.45, 7) is 1.34. The molecule has 0 unspecified atom stereocenters. The zero-order chi connectivity index (χ0) is 14.7. The summed E-state index contributed by atoms with van der Waals surface area (Å²) in [6.07, 6.45) is 3.14. The second-order valence-electron chi connectivity index (χ2n) is 4.53. The van der Waals surface area contributed by atoms with Crippen molar-refractivity contribution in [3.05, 3.63) is 52.8 Å². The van der Waals surface area contributed by atoms with Crippen LogP contribution in [0.25, 0.3) is 0 Å². The lowest BCUT2D eigenvalue weighted by atomic mass is 10.2. The summed E-state index contributed by atoms with van der Waals surface area (Å²) in [5, 5.41) is 3.30. The van der Waals surface area contributed by atoms with Gasteiger partial charge in [-0.05, 0) is 29.8 Å². The van der Waals surface area contributed by atoms with Gasteiger partial charge in [0, 0.05) is 18.9 Å². The highest BCUT2D eigenvalue weighted by molar-refractivity contribution is 6.32. The number of carbonyl (C=O) groups is 1. The zero-order valence-electron chi connectivity index (χ0n) is 11.1. The van der Waals surface area contributed by atoms with Crippen LogP contribution in [-0.2, 0) is 6.54 Å². The number of aromatic nitrogens is 1. The standard InChI is InChI=1S/C15H13ClN2O3/c16-12-6-10(7-13-14(12)21-5-4-20-13)8-18-15(19)11-2-1-3-17-9-11/h1-3,6-7,9H,4-5,8H2,(H,18,19). The Morgan fingerprint density at radius 1 is 1.33 bits per heavy atom. The number of ether oxygens (including phenoxy) is 2. The van der Waals surface area contributed by atoms with Gasteiger partial charge in [0.2, 0.25) is 0 Å². The summed E-state index contributed by atoms with van der Waals surface area (Å²) < 4.78 is 11.0. The van der Waals surface area contributed by atoms with Crippen LogP contribution in [0.3, 0.4) is 0 Å². The van der Waals surface area contributed by atoms with Gasteiger partial charge in [-0.25, -0.2) is 0 Å². The lowest BCUT2D eigenvalue weighted by molar-refractivity contribution is 0.0950. The molecule has 0 spiro atoms. The number of rotatable bonds is 3. The normalized spacial score (nSPS) is 12.8. The number of fused-ring (bicyclic) bond motifs is 1. The second-order valence-corrected chi connectivity index (χ2v) is 4.93. The molecule has 21 heavy (non-hydrogen) atoms. The first-order valence-electron chi connectivity index (χ1n) is 6.50. The van der Waals surface area contributed by atoms with Crippen LogP contribution in [0.2, 0.25) is 5.02 Å².